The van der Waals surface area contributed by atoms with Crippen LogP contribution in [0.2, 0.25) is 0 Å². The first-order valence-electron chi connectivity index (χ1n) is 4.60. The molecule has 0 bridgehead atoms. The number of H-pyrrole nitrogens is 1. The summed E-state index contributed by atoms with van der Waals surface area (Å²) in [4.78, 5) is 17.9. The van der Waals surface area contributed by atoms with E-state index in [-0.39, 0.29) is 16.5 Å². The van der Waals surface area contributed by atoms with Gasteiger partial charge in [0.1, 0.15) is 24.9 Å². The van der Waals surface area contributed by atoms with Crippen LogP contribution in [0.25, 0.3) is 11.0 Å². The van der Waals surface area contributed by atoms with Gasteiger partial charge in [-0.05, 0) is 12.5 Å². The first kappa shape index (κ1) is 9.89. The molecule has 0 spiro atoms. The predicted octanol–water partition coefficient (Wildman–Crippen LogP) is 0.418. The summed E-state index contributed by atoms with van der Waals surface area (Å²) in [7, 11) is 5.38. The van der Waals surface area contributed by atoms with Crippen molar-refractivity contribution in [2.45, 2.75) is 13.3 Å². The topological polar surface area (TPSA) is 45.8 Å². The first-order chi connectivity index (χ1) is 7.13. The zero-order chi connectivity index (χ0) is 11.0. The summed E-state index contributed by atoms with van der Waals surface area (Å²) in [5, 5.41) is 0. The van der Waals surface area contributed by atoms with Crippen LogP contribution >= 0.6 is 0 Å². The maximum atomic E-state index is 13.5. The van der Waals surface area contributed by atoms with Crippen molar-refractivity contribution >= 4 is 24.3 Å². The van der Waals surface area contributed by atoms with Crippen LogP contribution in [-0.2, 0) is 6.42 Å². The quantitative estimate of drug-likeness (QED) is 0.681. The van der Waals surface area contributed by atoms with Gasteiger partial charge in [0.2, 0.25) is 0 Å². The van der Waals surface area contributed by atoms with Gasteiger partial charge >= 0.3 is 0 Å². The fraction of sp³-hybridized carbons (Fsp3) is 0.200. The number of hydrogen-bond donors (Lipinski definition) is 1. The summed E-state index contributed by atoms with van der Waals surface area (Å²) in [6, 6.07) is 3.02. The zero-order valence-corrected chi connectivity index (χ0v) is 8.17. The van der Waals surface area contributed by atoms with Gasteiger partial charge in [0.25, 0.3) is 5.56 Å². The maximum absolute atomic E-state index is 13.5. The van der Waals surface area contributed by atoms with E-state index in [1.165, 1.54) is 6.07 Å². The van der Waals surface area contributed by atoms with E-state index in [9.17, 15) is 9.18 Å². The molecule has 5 heteroatoms. The molecule has 0 aliphatic carbocycles. The van der Waals surface area contributed by atoms with Gasteiger partial charge in [0.05, 0.1) is 5.52 Å². The largest absolute Gasteiger partial charge is 0.317 e. The smallest absolute Gasteiger partial charge is 0.270 e. The fourth-order valence-electron chi connectivity index (χ4n) is 1.42. The Morgan fingerprint density at radius 3 is 2.93 bits per heavy atom. The Morgan fingerprint density at radius 2 is 2.27 bits per heavy atom. The molecule has 1 heterocycles. The van der Waals surface area contributed by atoms with E-state index < -0.39 is 5.82 Å². The van der Waals surface area contributed by atoms with Crippen LogP contribution in [-0.4, -0.2) is 17.8 Å². The molecule has 0 saturated carbocycles. The summed E-state index contributed by atoms with van der Waals surface area (Å²) in [6.07, 6.45) is 0.511. The number of aromatic amines is 1. The van der Waals surface area contributed by atoms with Crippen LogP contribution in [0.15, 0.2) is 16.9 Å². The number of rotatable bonds is 1. The van der Waals surface area contributed by atoms with E-state index in [0.29, 0.717) is 17.6 Å². The van der Waals surface area contributed by atoms with Gasteiger partial charge in [0.15, 0.2) is 0 Å². The van der Waals surface area contributed by atoms with Gasteiger partial charge in [-0.2, -0.15) is 0 Å². The highest BCUT2D eigenvalue weighted by atomic mass is 19.1. The van der Waals surface area contributed by atoms with Gasteiger partial charge < -0.3 is 4.98 Å². The second-order valence-electron chi connectivity index (χ2n) is 3.23. The lowest BCUT2D eigenvalue weighted by Gasteiger charge is -2.03. The van der Waals surface area contributed by atoms with Crippen molar-refractivity contribution in [2.24, 2.45) is 0 Å². The molecule has 74 valence electrons. The van der Waals surface area contributed by atoms with E-state index in [1.54, 1.807) is 6.07 Å². The average molecular weight is 202 g/mol. The molecule has 1 N–H and O–H groups in total. The molecule has 0 atom stereocenters. The molecular formula is C10H8BFN2O. The molecule has 0 aliphatic rings. The summed E-state index contributed by atoms with van der Waals surface area (Å²) in [6.45, 7) is 1.82. The molecule has 0 fully saturated rings. The minimum absolute atomic E-state index is 0.00389. The summed E-state index contributed by atoms with van der Waals surface area (Å²) < 4.78 is 13.5. The van der Waals surface area contributed by atoms with Crippen molar-refractivity contribution < 1.29 is 4.39 Å². The standard InChI is InChI=1S/C10H8BFN2O/c1-2-6-10(15)14-9-7(13-6)4-3-5(11)8(9)12/h3-4H,2H2,1H3,(H,14,15). The highest BCUT2D eigenvalue weighted by molar-refractivity contribution is 6.33. The lowest BCUT2D eigenvalue weighted by Crippen LogP contribution is -2.18. The first-order valence-corrected chi connectivity index (χ1v) is 4.60. The molecule has 2 rings (SSSR count). The van der Waals surface area contributed by atoms with Crippen molar-refractivity contribution in [2.75, 3.05) is 0 Å². The van der Waals surface area contributed by atoms with Gasteiger partial charge in [0, 0.05) is 0 Å². The third-order valence-corrected chi connectivity index (χ3v) is 2.24. The third kappa shape index (κ3) is 1.54. The van der Waals surface area contributed by atoms with E-state index in [1.807, 2.05) is 6.92 Å². The van der Waals surface area contributed by atoms with Crippen LogP contribution in [0.4, 0.5) is 4.39 Å². The minimum Gasteiger partial charge on any atom is -0.317 e. The minimum atomic E-state index is -0.625. The van der Waals surface area contributed by atoms with Crippen molar-refractivity contribution in [1.29, 1.82) is 0 Å². The second kappa shape index (κ2) is 3.49. The number of benzene rings is 1. The Labute approximate surface area is 86.8 Å². The van der Waals surface area contributed by atoms with E-state index in [0.717, 1.165) is 0 Å². The molecule has 2 radical (unpaired) electrons. The monoisotopic (exact) mass is 202 g/mol. The van der Waals surface area contributed by atoms with Crippen molar-refractivity contribution in [1.82, 2.24) is 9.97 Å². The van der Waals surface area contributed by atoms with Crippen molar-refractivity contribution in [3.63, 3.8) is 0 Å². The second-order valence-corrected chi connectivity index (χ2v) is 3.23. The van der Waals surface area contributed by atoms with E-state index in [4.69, 9.17) is 7.85 Å². The SMILES string of the molecule is [B]c1ccc2nc(CC)c(=O)[nH]c2c1F. The molecule has 1 aromatic heterocycles. The molecule has 0 aliphatic heterocycles. The Bertz CT molecular complexity index is 579. The molecule has 2 aromatic rings. The van der Waals surface area contributed by atoms with Crippen LogP contribution in [0.1, 0.15) is 12.6 Å². The summed E-state index contributed by atoms with van der Waals surface area (Å²) in [5.41, 5.74) is 0.515. The van der Waals surface area contributed by atoms with Crippen molar-refractivity contribution in [3.8, 4) is 0 Å². The highest BCUT2D eigenvalue weighted by Gasteiger charge is 2.08. The molecule has 15 heavy (non-hydrogen) atoms. The molecule has 0 saturated heterocycles. The fourth-order valence-corrected chi connectivity index (χ4v) is 1.42. The zero-order valence-electron chi connectivity index (χ0n) is 8.17. The lowest BCUT2D eigenvalue weighted by molar-refractivity contribution is 0.643. The molecule has 0 unspecified atom stereocenters. The average Bonchev–Trinajstić information content (AvgIpc) is 2.24. The Kier molecular flexibility index (Phi) is 2.30. The van der Waals surface area contributed by atoms with Crippen LogP contribution in [0.3, 0.4) is 0 Å². The number of halogens is 1. The number of nitrogens with one attached hydrogen (secondary N) is 1. The van der Waals surface area contributed by atoms with Gasteiger partial charge in [-0.3, -0.25) is 4.79 Å². The molecule has 0 amide bonds. The van der Waals surface area contributed by atoms with Crippen LogP contribution in [0, 0.1) is 5.82 Å². The number of fused-ring (bicyclic) bond motifs is 1. The highest BCUT2D eigenvalue weighted by Crippen LogP contribution is 2.09. The predicted molar refractivity (Wildman–Crippen MR) is 57.1 cm³/mol. The Balaban J connectivity index is 2.87. The summed E-state index contributed by atoms with van der Waals surface area (Å²) >= 11 is 0. The number of hydrogen-bond acceptors (Lipinski definition) is 2. The normalized spacial score (nSPS) is 10.8. The Hall–Kier alpha value is -1.65. The maximum Gasteiger partial charge on any atom is 0.270 e. The van der Waals surface area contributed by atoms with Crippen LogP contribution < -0.4 is 11.0 Å². The Morgan fingerprint density at radius 1 is 1.53 bits per heavy atom. The van der Waals surface area contributed by atoms with Gasteiger partial charge in [-0.1, -0.05) is 18.5 Å². The van der Waals surface area contributed by atoms with E-state index in [2.05, 4.69) is 9.97 Å². The van der Waals surface area contributed by atoms with E-state index >= 15 is 0 Å². The van der Waals surface area contributed by atoms with Gasteiger partial charge in [-0.25, -0.2) is 9.37 Å². The molecule has 3 nitrogen and oxygen atoms in total. The van der Waals surface area contributed by atoms with Gasteiger partial charge in [-0.15, -0.1) is 0 Å². The molecular weight excluding hydrogens is 194 g/mol. The number of aryl methyl sites for hydroxylation is 1. The van der Waals surface area contributed by atoms with Crippen molar-refractivity contribution in [3.05, 3.63) is 34.0 Å². The lowest BCUT2D eigenvalue weighted by atomic mass is 9.95. The third-order valence-electron chi connectivity index (χ3n) is 2.24. The summed E-state index contributed by atoms with van der Waals surface area (Å²) in [5.74, 6) is -0.625. The number of aromatic nitrogens is 2. The van der Waals surface area contributed by atoms with Crippen LogP contribution in [0.5, 0.6) is 0 Å². The number of nitrogens with zero attached hydrogens (tertiary/aromatic N) is 1. The molecule has 1 aromatic carbocycles.